The van der Waals surface area contributed by atoms with Gasteiger partial charge in [0.2, 0.25) is 0 Å². The molecule has 2 aliphatic carbocycles. The highest BCUT2D eigenvalue weighted by Gasteiger charge is 2.44. The molecule has 2 saturated carbocycles. The van der Waals surface area contributed by atoms with Crippen LogP contribution in [0.1, 0.15) is 45.4 Å². The van der Waals surface area contributed by atoms with E-state index in [0.717, 1.165) is 25.6 Å². The van der Waals surface area contributed by atoms with Gasteiger partial charge in [-0.05, 0) is 38.5 Å². The van der Waals surface area contributed by atoms with Crippen molar-refractivity contribution in [1.82, 2.24) is 4.90 Å². The molecule has 0 aromatic carbocycles. The van der Waals surface area contributed by atoms with Gasteiger partial charge in [-0.3, -0.25) is 4.90 Å². The van der Waals surface area contributed by atoms with Gasteiger partial charge in [0, 0.05) is 31.8 Å². The maximum absolute atomic E-state index is 6.12. The fourth-order valence-electron chi connectivity index (χ4n) is 3.54. The van der Waals surface area contributed by atoms with Crippen molar-refractivity contribution in [2.45, 2.75) is 57.0 Å². The fourth-order valence-corrected chi connectivity index (χ4v) is 3.54. The fraction of sp³-hybridized carbons (Fsp3) is 1.00. The second-order valence-electron chi connectivity index (χ2n) is 5.90. The summed E-state index contributed by atoms with van der Waals surface area (Å²) < 4.78 is 5.29. The molecule has 0 bridgehead atoms. The first-order valence-corrected chi connectivity index (χ1v) is 7.19. The Kier molecular flexibility index (Phi) is 4.45. The van der Waals surface area contributed by atoms with E-state index in [0.29, 0.717) is 6.04 Å². The minimum Gasteiger partial charge on any atom is -0.383 e. The summed E-state index contributed by atoms with van der Waals surface area (Å²) in [6, 6.07) is 0.687. The molecular weight excluding hydrogens is 212 g/mol. The molecule has 17 heavy (non-hydrogen) atoms. The van der Waals surface area contributed by atoms with Crippen LogP contribution in [-0.4, -0.2) is 43.3 Å². The van der Waals surface area contributed by atoms with Gasteiger partial charge >= 0.3 is 0 Å². The first kappa shape index (κ1) is 13.3. The number of hydrogen-bond acceptors (Lipinski definition) is 3. The molecule has 2 N–H and O–H groups in total. The van der Waals surface area contributed by atoms with Gasteiger partial charge in [-0.15, -0.1) is 0 Å². The van der Waals surface area contributed by atoms with Gasteiger partial charge in [-0.1, -0.05) is 12.8 Å². The number of rotatable bonds is 7. The smallest absolute Gasteiger partial charge is 0.0590 e. The van der Waals surface area contributed by atoms with Crippen LogP contribution >= 0.6 is 0 Å². The van der Waals surface area contributed by atoms with Crippen molar-refractivity contribution in [2.24, 2.45) is 11.7 Å². The van der Waals surface area contributed by atoms with Crippen LogP contribution in [0.5, 0.6) is 0 Å². The van der Waals surface area contributed by atoms with Gasteiger partial charge in [0.15, 0.2) is 0 Å². The molecule has 2 rings (SSSR count). The van der Waals surface area contributed by atoms with Crippen LogP contribution in [0.4, 0.5) is 0 Å². The van der Waals surface area contributed by atoms with E-state index in [1.54, 1.807) is 7.11 Å². The first-order valence-electron chi connectivity index (χ1n) is 7.19. The van der Waals surface area contributed by atoms with Crippen molar-refractivity contribution in [2.75, 3.05) is 26.8 Å². The van der Waals surface area contributed by atoms with Crippen molar-refractivity contribution in [3.8, 4) is 0 Å². The SMILES string of the molecule is COCCN(C(C)C1CC1)C1(CN)CCCC1. The van der Waals surface area contributed by atoms with E-state index in [2.05, 4.69) is 11.8 Å². The molecule has 1 atom stereocenters. The van der Waals surface area contributed by atoms with Crippen molar-refractivity contribution < 1.29 is 4.74 Å². The zero-order valence-corrected chi connectivity index (χ0v) is 11.5. The molecule has 0 amide bonds. The summed E-state index contributed by atoms with van der Waals surface area (Å²) in [6.45, 7) is 5.08. The summed E-state index contributed by atoms with van der Waals surface area (Å²) in [6.07, 6.45) is 8.07. The van der Waals surface area contributed by atoms with Crippen molar-refractivity contribution in [1.29, 1.82) is 0 Å². The lowest BCUT2D eigenvalue weighted by atomic mass is 9.92. The number of methoxy groups -OCH3 is 1. The quantitative estimate of drug-likeness (QED) is 0.740. The highest BCUT2D eigenvalue weighted by Crippen LogP contribution is 2.42. The number of nitrogens with two attached hydrogens (primary N) is 1. The minimum absolute atomic E-state index is 0.278. The highest BCUT2D eigenvalue weighted by atomic mass is 16.5. The van der Waals surface area contributed by atoms with E-state index in [4.69, 9.17) is 10.5 Å². The summed E-state index contributed by atoms with van der Waals surface area (Å²) >= 11 is 0. The Balaban J connectivity index is 2.06. The predicted molar refractivity (Wildman–Crippen MR) is 71.0 cm³/mol. The van der Waals surface area contributed by atoms with E-state index in [1.165, 1.54) is 38.5 Å². The molecule has 0 aromatic heterocycles. The molecule has 0 radical (unpaired) electrons. The standard InChI is InChI=1S/C14H28N2O/c1-12(13-5-6-13)16(9-10-17-2)14(11-15)7-3-4-8-14/h12-13H,3-11,15H2,1-2H3. The third-order valence-electron chi connectivity index (χ3n) is 4.86. The lowest BCUT2D eigenvalue weighted by Crippen LogP contribution is -2.57. The monoisotopic (exact) mass is 240 g/mol. The van der Waals surface area contributed by atoms with Gasteiger partial charge in [0.05, 0.1) is 6.61 Å². The minimum atomic E-state index is 0.278. The third kappa shape index (κ3) is 2.83. The van der Waals surface area contributed by atoms with E-state index in [9.17, 15) is 0 Å². The molecular formula is C14H28N2O. The Morgan fingerprint density at radius 3 is 2.47 bits per heavy atom. The second kappa shape index (κ2) is 5.68. The van der Waals surface area contributed by atoms with Crippen LogP contribution in [0, 0.1) is 5.92 Å². The molecule has 0 aromatic rings. The zero-order valence-electron chi connectivity index (χ0n) is 11.5. The normalized spacial score (nSPS) is 25.4. The second-order valence-corrected chi connectivity index (χ2v) is 5.90. The molecule has 0 heterocycles. The molecule has 3 heteroatoms. The first-order chi connectivity index (χ1) is 8.23. The Morgan fingerprint density at radius 2 is 2.00 bits per heavy atom. The molecule has 3 nitrogen and oxygen atoms in total. The Hall–Kier alpha value is -0.120. The Labute approximate surface area is 106 Å². The number of nitrogens with zero attached hydrogens (tertiary/aromatic N) is 1. The largest absolute Gasteiger partial charge is 0.383 e. The average Bonchev–Trinajstić information content (AvgIpc) is 3.09. The number of hydrogen-bond donors (Lipinski definition) is 1. The molecule has 0 saturated heterocycles. The van der Waals surface area contributed by atoms with E-state index >= 15 is 0 Å². The van der Waals surface area contributed by atoms with Gasteiger partial charge in [-0.2, -0.15) is 0 Å². The maximum atomic E-state index is 6.12. The molecule has 0 spiro atoms. The van der Waals surface area contributed by atoms with Crippen LogP contribution in [-0.2, 0) is 4.74 Å². The molecule has 0 aliphatic heterocycles. The summed E-state index contributed by atoms with van der Waals surface area (Å²) in [5.74, 6) is 0.913. The van der Waals surface area contributed by atoms with Crippen molar-refractivity contribution in [3.63, 3.8) is 0 Å². The topological polar surface area (TPSA) is 38.5 Å². The summed E-state index contributed by atoms with van der Waals surface area (Å²) in [5.41, 5.74) is 6.40. The Morgan fingerprint density at radius 1 is 1.35 bits per heavy atom. The van der Waals surface area contributed by atoms with Gasteiger partial charge in [-0.25, -0.2) is 0 Å². The maximum Gasteiger partial charge on any atom is 0.0590 e. The van der Waals surface area contributed by atoms with Crippen LogP contribution in [0.15, 0.2) is 0 Å². The summed E-state index contributed by atoms with van der Waals surface area (Å²) in [4.78, 5) is 2.68. The van der Waals surface area contributed by atoms with Gasteiger partial charge in [0.1, 0.15) is 0 Å². The van der Waals surface area contributed by atoms with Crippen LogP contribution in [0.3, 0.4) is 0 Å². The lowest BCUT2D eigenvalue weighted by molar-refractivity contribution is 0.0243. The summed E-state index contributed by atoms with van der Waals surface area (Å²) in [7, 11) is 1.80. The van der Waals surface area contributed by atoms with Gasteiger partial charge < -0.3 is 10.5 Å². The predicted octanol–water partition coefficient (Wildman–Crippen LogP) is 2.00. The van der Waals surface area contributed by atoms with E-state index in [1.807, 2.05) is 0 Å². The molecule has 1 unspecified atom stereocenters. The van der Waals surface area contributed by atoms with E-state index in [-0.39, 0.29) is 5.54 Å². The molecule has 2 aliphatic rings. The zero-order chi connectivity index (χ0) is 12.3. The van der Waals surface area contributed by atoms with Crippen LogP contribution in [0.2, 0.25) is 0 Å². The third-order valence-corrected chi connectivity index (χ3v) is 4.86. The van der Waals surface area contributed by atoms with Crippen molar-refractivity contribution >= 4 is 0 Å². The molecule has 2 fully saturated rings. The van der Waals surface area contributed by atoms with Crippen molar-refractivity contribution in [3.05, 3.63) is 0 Å². The highest BCUT2D eigenvalue weighted by molar-refractivity contribution is 5.00. The lowest BCUT2D eigenvalue weighted by Gasteiger charge is -2.44. The average molecular weight is 240 g/mol. The van der Waals surface area contributed by atoms with E-state index < -0.39 is 0 Å². The Bertz CT molecular complexity index is 234. The number of ether oxygens (including phenoxy) is 1. The summed E-state index contributed by atoms with van der Waals surface area (Å²) in [5, 5.41) is 0. The van der Waals surface area contributed by atoms with Crippen LogP contribution in [0.25, 0.3) is 0 Å². The molecule has 100 valence electrons. The van der Waals surface area contributed by atoms with Gasteiger partial charge in [0.25, 0.3) is 0 Å². The van der Waals surface area contributed by atoms with Crippen LogP contribution < -0.4 is 5.73 Å².